The van der Waals surface area contributed by atoms with E-state index in [0.29, 0.717) is 16.3 Å². The summed E-state index contributed by atoms with van der Waals surface area (Å²) in [5, 5.41) is 2.63. The van der Waals surface area contributed by atoms with Gasteiger partial charge in [0.2, 0.25) is 0 Å². The summed E-state index contributed by atoms with van der Waals surface area (Å²) in [6, 6.07) is 15.8. The second-order valence-electron chi connectivity index (χ2n) is 6.96. The van der Waals surface area contributed by atoms with Crippen LogP contribution in [0.1, 0.15) is 17.0 Å². The van der Waals surface area contributed by atoms with Gasteiger partial charge < -0.3 is 9.30 Å². The molecule has 0 atom stereocenters. The number of rotatable bonds is 5. The summed E-state index contributed by atoms with van der Waals surface area (Å²) >= 11 is 0.921. The summed E-state index contributed by atoms with van der Waals surface area (Å²) < 4.78 is 7.42. The molecule has 156 valence electrons. The number of nitrogens with zero attached hydrogens (tertiary/aromatic N) is 3. The Kier molecular flexibility index (Phi) is 5.48. The number of hydrogen-bond donors (Lipinski definition) is 0. The Morgan fingerprint density at radius 2 is 1.77 bits per heavy atom. The summed E-state index contributed by atoms with van der Waals surface area (Å²) in [6.45, 7) is 3.86. The Morgan fingerprint density at radius 3 is 2.45 bits per heavy atom. The van der Waals surface area contributed by atoms with E-state index in [-0.39, 0.29) is 16.8 Å². The van der Waals surface area contributed by atoms with E-state index < -0.39 is 0 Å². The lowest BCUT2D eigenvalue weighted by molar-refractivity contribution is -0.113. The van der Waals surface area contributed by atoms with Gasteiger partial charge in [0.05, 0.1) is 23.4 Å². The third-order valence-corrected chi connectivity index (χ3v) is 5.94. The maximum Gasteiger partial charge on any atom is 0.298 e. The smallest absolute Gasteiger partial charge is 0.298 e. The Balaban J connectivity index is 1.73. The van der Waals surface area contributed by atoms with Crippen molar-refractivity contribution in [2.24, 2.45) is 5.18 Å². The lowest BCUT2D eigenvalue weighted by Gasteiger charge is -2.14. The molecule has 0 unspecified atom stereocenters. The van der Waals surface area contributed by atoms with Crippen molar-refractivity contribution in [3.8, 4) is 11.4 Å². The van der Waals surface area contributed by atoms with Crippen molar-refractivity contribution in [2.75, 3.05) is 12.0 Å². The predicted octanol–water partition coefficient (Wildman–Crippen LogP) is 5.74. The van der Waals surface area contributed by atoms with Crippen LogP contribution < -0.4 is 9.64 Å². The number of thioether (sulfide) groups is 1. The first-order chi connectivity index (χ1) is 14.9. The first-order valence-corrected chi connectivity index (χ1v) is 10.3. The van der Waals surface area contributed by atoms with Crippen molar-refractivity contribution in [1.82, 2.24) is 4.57 Å². The molecule has 1 aliphatic rings. The maximum atomic E-state index is 12.9. The number of nitroso groups, excluding NO2 is 1. The summed E-state index contributed by atoms with van der Waals surface area (Å²) in [7, 11) is 1.53. The molecule has 0 radical (unpaired) electrons. The first kappa shape index (κ1) is 20.6. The van der Waals surface area contributed by atoms with Gasteiger partial charge in [-0.15, -0.1) is 4.91 Å². The van der Waals surface area contributed by atoms with E-state index in [2.05, 4.69) is 5.18 Å². The number of para-hydroxylation sites is 1. The summed E-state index contributed by atoms with van der Waals surface area (Å²) in [4.78, 5) is 37.8. The van der Waals surface area contributed by atoms with E-state index in [0.717, 1.165) is 34.4 Å². The van der Waals surface area contributed by atoms with Crippen LogP contribution in [0.15, 0.2) is 64.7 Å². The SMILES string of the molecule is COc1cc(N=O)ccc1-n1c(C)cc(C=C2SC(=O)N(c3ccccc3)C2=O)c1C. The standard InChI is InChI=1S/C23H19N3O4S/c1-14-11-16(15(2)25(14)19-10-9-17(24-29)13-20(19)30-3)12-21-22(27)26(23(28)31-21)18-7-5-4-6-8-18/h4-13H,1-3H3. The fraction of sp³-hybridized carbons (Fsp3) is 0.130. The first-order valence-electron chi connectivity index (χ1n) is 9.48. The van der Waals surface area contributed by atoms with Crippen LogP contribution in [0.5, 0.6) is 5.75 Å². The van der Waals surface area contributed by atoms with E-state index in [4.69, 9.17) is 4.74 Å². The molecule has 0 aliphatic carbocycles. The van der Waals surface area contributed by atoms with Crippen molar-refractivity contribution in [1.29, 1.82) is 0 Å². The number of carbonyl (C=O) groups excluding carboxylic acids is 2. The summed E-state index contributed by atoms with van der Waals surface area (Å²) in [5.74, 6) is 0.167. The Bertz CT molecular complexity index is 1230. The van der Waals surface area contributed by atoms with Gasteiger partial charge in [-0.3, -0.25) is 9.59 Å². The van der Waals surface area contributed by atoms with Crippen molar-refractivity contribution in [3.05, 3.63) is 81.4 Å². The molecule has 2 amide bonds. The van der Waals surface area contributed by atoms with Crippen molar-refractivity contribution < 1.29 is 14.3 Å². The molecule has 8 heteroatoms. The van der Waals surface area contributed by atoms with Gasteiger partial charge in [-0.25, -0.2) is 4.90 Å². The van der Waals surface area contributed by atoms with E-state index in [1.54, 1.807) is 48.5 Å². The lowest BCUT2D eigenvalue weighted by atomic mass is 10.2. The van der Waals surface area contributed by atoms with Gasteiger partial charge in [0, 0.05) is 17.5 Å². The normalized spacial score (nSPS) is 15.1. The van der Waals surface area contributed by atoms with Crippen LogP contribution in [-0.4, -0.2) is 22.8 Å². The largest absolute Gasteiger partial charge is 0.494 e. The number of ether oxygens (including phenoxy) is 1. The van der Waals surface area contributed by atoms with Crippen LogP contribution in [0.4, 0.5) is 16.2 Å². The average Bonchev–Trinajstić information content (AvgIpc) is 3.22. The van der Waals surface area contributed by atoms with Crippen LogP contribution in [0.25, 0.3) is 11.8 Å². The number of aryl methyl sites for hydroxylation is 1. The number of benzene rings is 2. The number of carbonyl (C=O) groups is 2. The van der Waals surface area contributed by atoms with Crippen LogP contribution in [-0.2, 0) is 4.79 Å². The summed E-state index contributed by atoms with van der Waals surface area (Å²) in [5.41, 5.74) is 4.17. The number of aromatic nitrogens is 1. The quantitative estimate of drug-likeness (QED) is 0.378. The van der Waals surface area contributed by atoms with Gasteiger partial charge in [0.25, 0.3) is 11.1 Å². The lowest BCUT2D eigenvalue weighted by Crippen LogP contribution is -2.27. The van der Waals surface area contributed by atoms with E-state index in [1.807, 2.05) is 30.5 Å². The molecule has 2 aromatic carbocycles. The molecular weight excluding hydrogens is 414 g/mol. The predicted molar refractivity (Wildman–Crippen MR) is 122 cm³/mol. The average molecular weight is 433 g/mol. The highest BCUT2D eigenvalue weighted by molar-refractivity contribution is 8.19. The third-order valence-electron chi connectivity index (χ3n) is 5.07. The number of hydrogen-bond acceptors (Lipinski definition) is 6. The monoisotopic (exact) mass is 433 g/mol. The highest BCUT2D eigenvalue weighted by Gasteiger charge is 2.36. The zero-order valence-corrected chi connectivity index (χ0v) is 18.0. The molecule has 1 saturated heterocycles. The Labute approximate surface area is 183 Å². The highest BCUT2D eigenvalue weighted by atomic mass is 32.2. The number of amides is 2. The molecule has 0 spiro atoms. The topological polar surface area (TPSA) is 81.0 Å². The fourth-order valence-corrected chi connectivity index (χ4v) is 4.45. The van der Waals surface area contributed by atoms with E-state index >= 15 is 0 Å². The molecule has 1 aromatic heterocycles. The van der Waals surface area contributed by atoms with E-state index in [1.165, 1.54) is 12.0 Å². The maximum absolute atomic E-state index is 12.9. The zero-order valence-electron chi connectivity index (χ0n) is 17.2. The molecule has 2 heterocycles. The zero-order chi connectivity index (χ0) is 22.1. The van der Waals surface area contributed by atoms with Gasteiger partial charge >= 0.3 is 0 Å². The highest BCUT2D eigenvalue weighted by Crippen LogP contribution is 2.37. The number of imide groups is 1. The molecule has 0 N–H and O–H groups in total. The third kappa shape index (κ3) is 3.66. The molecule has 3 aromatic rings. The van der Waals surface area contributed by atoms with Gasteiger partial charge in [0.15, 0.2) is 0 Å². The van der Waals surface area contributed by atoms with Gasteiger partial charge in [-0.05, 0) is 72.8 Å². The molecule has 31 heavy (non-hydrogen) atoms. The second kappa shape index (κ2) is 8.23. The van der Waals surface area contributed by atoms with E-state index in [9.17, 15) is 14.5 Å². The van der Waals surface area contributed by atoms with Crippen molar-refractivity contribution >= 4 is 40.4 Å². The van der Waals surface area contributed by atoms with Gasteiger partial charge in [-0.2, -0.15) is 0 Å². The van der Waals surface area contributed by atoms with Gasteiger partial charge in [-0.1, -0.05) is 18.2 Å². The minimum absolute atomic E-state index is 0.276. The Hall–Kier alpha value is -3.65. The minimum atomic E-state index is -0.343. The van der Waals surface area contributed by atoms with Crippen LogP contribution in [0, 0.1) is 18.8 Å². The Morgan fingerprint density at radius 1 is 1.03 bits per heavy atom. The molecule has 7 nitrogen and oxygen atoms in total. The van der Waals surface area contributed by atoms with Crippen LogP contribution in [0.2, 0.25) is 0 Å². The van der Waals surface area contributed by atoms with Crippen LogP contribution >= 0.6 is 11.8 Å². The molecule has 1 aliphatic heterocycles. The summed E-state index contributed by atoms with van der Waals surface area (Å²) in [6.07, 6.45) is 1.74. The number of methoxy groups -OCH3 is 1. The molecule has 0 saturated carbocycles. The van der Waals surface area contributed by atoms with Crippen LogP contribution in [0.3, 0.4) is 0 Å². The molecule has 4 rings (SSSR count). The number of anilines is 1. The van der Waals surface area contributed by atoms with Gasteiger partial charge in [0.1, 0.15) is 11.4 Å². The molecule has 1 fully saturated rings. The minimum Gasteiger partial charge on any atom is -0.494 e. The molecular formula is C23H19N3O4S. The fourth-order valence-electron chi connectivity index (χ4n) is 3.62. The van der Waals surface area contributed by atoms with Crippen molar-refractivity contribution in [2.45, 2.75) is 13.8 Å². The van der Waals surface area contributed by atoms with Crippen molar-refractivity contribution in [3.63, 3.8) is 0 Å². The molecule has 0 bridgehead atoms. The second-order valence-corrected chi connectivity index (χ2v) is 7.96.